The molecule has 0 fully saturated rings. The van der Waals surface area contributed by atoms with Gasteiger partial charge in [-0.1, -0.05) is 23.5 Å². The number of carbonyl (C=O) groups is 1. The van der Waals surface area contributed by atoms with Crippen LogP contribution in [-0.2, 0) is 12.7 Å². The van der Waals surface area contributed by atoms with E-state index in [1.807, 2.05) is 0 Å². The van der Waals surface area contributed by atoms with Crippen molar-refractivity contribution >= 4 is 22.2 Å². The van der Waals surface area contributed by atoms with Crippen LogP contribution in [0.1, 0.15) is 20.8 Å². The van der Waals surface area contributed by atoms with Crippen LogP contribution in [-0.4, -0.2) is 10.8 Å². The molecule has 1 heterocycles. The summed E-state index contributed by atoms with van der Waals surface area (Å²) in [5.41, 5.74) is -0.514. The Morgan fingerprint density at radius 1 is 1.27 bits per heavy atom. The molecule has 116 valence electrons. The van der Waals surface area contributed by atoms with Crippen LogP contribution in [0.3, 0.4) is 0 Å². The molecule has 0 spiro atoms. The number of thiophene rings is 1. The molecule has 5 nitrogen and oxygen atoms in total. The van der Waals surface area contributed by atoms with E-state index in [0.717, 1.165) is 12.1 Å². The molecule has 0 unspecified atom stereocenters. The van der Waals surface area contributed by atoms with E-state index in [-0.39, 0.29) is 22.0 Å². The zero-order valence-corrected chi connectivity index (χ0v) is 11.7. The summed E-state index contributed by atoms with van der Waals surface area (Å²) in [5.74, 6) is -0.574. The summed E-state index contributed by atoms with van der Waals surface area (Å²) in [6.07, 6.45) is -4.45. The normalized spacial score (nSPS) is 11.2. The van der Waals surface area contributed by atoms with E-state index in [2.05, 4.69) is 5.32 Å². The van der Waals surface area contributed by atoms with Gasteiger partial charge in [-0.05, 0) is 23.8 Å². The lowest BCUT2D eigenvalue weighted by atomic mass is 10.1. The molecule has 1 aromatic carbocycles. The summed E-state index contributed by atoms with van der Waals surface area (Å²) < 4.78 is 37.7. The van der Waals surface area contributed by atoms with Gasteiger partial charge in [0.15, 0.2) is 0 Å². The lowest BCUT2D eigenvalue weighted by Gasteiger charge is -2.09. The van der Waals surface area contributed by atoms with Crippen molar-refractivity contribution < 1.29 is 22.9 Å². The molecule has 0 aliphatic rings. The number of nitro groups is 1. The van der Waals surface area contributed by atoms with Gasteiger partial charge in [-0.15, -0.1) is 0 Å². The fourth-order valence-electron chi connectivity index (χ4n) is 1.67. The van der Waals surface area contributed by atoms with Gasteiger partial charge in [-0.2, -0.15) is 13.2 Å². The topological polar surface area (TPSA) is 72.2 Å². The molecule has 0 aliphatic heterocycles. The van der Waals surface area contributed by atoms with Gasteiger partial charge in [0.2, 0.25) is 0 Å². The minimum Gasteiger partial charge on any atom is -0.347 e. The van der Waals surface area contributed by atoms with Gasteiger partial charge in [0, 0.05) is 12.6 Å². The van der Waals surface area contributed by atoms with Crippen molar-refractivity contribution in [3.05, 3.63) is 62.5 Å². The Kier molecular flexibility index (Phi) is 4.45. The molecule has 0 aliphatic carbocycles. The SMILES string of the molecule is O=C(NCc1cccc(C(F)(F)F)c1)c1ccc([N+](=O)[O-])s1. The van der Waals surface area contributed by atoms with E-state index in [1.165, 1.54) is 24.3 Å². The van der Waals surface area contributed by atoms with Crippen LogP contribution in [0, 0.1) is 10.1 Å². The van der Waals surface area contributed by atoms with Crippen molar-refractivity contribution in [3.63, 3.8) is 0 Å². The molecular formula is C13H9F3N2O3S. The third-order valence-corrected chi connectivity index (χ3v) is 3.74. The standard InChI is InChI=1S/C13H9F3N2O3S/c14-13(15,16)9-3-1-2-8(6-9)7-17-12(19)10-4-5-11(22-10)18(20)21/h1-6H,7H2,(H,17,19). The van der Waals surface area contributed by atoms with E-state index >= 15 is 0 Å². The Hall–Kier alpha value is -2.42. The maximum atomic E-state index is 12.6. The minimum absolute atomic E-state index is 0.103. The monoisotopic (exact) mass is 330 g/mol. The molecule has 0 saturated heterocycles. The van der Waals surface area contributed by atoms with Crippen molar-refractivity contribution in [2.75, 3.05) is 0 Å². The van der Waals surface area contributed by atoms with Gasteiger partial charge in [0.05, 0.1) is 15.4 Å². The van der Waals surface area contributed by atoms with E-state index in [9.17, 15) is 28.1 Å². The van der Waals surface area contributed by atoms with Crippen LogP contribution in [0.5, 0.6) is 0 Å². The third kappa shape index (κ3) is 3.82. The first-order chi connectivity index (χ1) is 10.3. The van der Waals surface area contributed by atoms with Crippen LogP contribution in [0.2, 0.25) is 0 Å². The molecule has 0 saturated carbocycles. The molecule has 0 atom stereocenters. The lowest BCUT2D eigenvalue weighted by Crippen LogP contribution is -2.22. The number of alkyl halides is 3. The third-order valence-electron chi connectivity index (χ3n) is 2.70. The molecule has 2 rings (SSSR count). The second kappa shape index (κ2) is 6.14. The first-order valence-electron chi connectivity index (χ1n) is 5.96. The molecular weight excluding hydrogens is 321 g/mol. The molecule has 9 heteroatoms. The molecule has 1 N–H and O–H groups in total. The van der Waals surface area contributed by atoms with E-state index in [1.54, 1.807) is 0 Å². The maximum Gasteiger partial charge on any atom is 0.416 e. The number of rotatable bonds is 4. The lowest BCUT2D eigenvalue weighted by molar-refractivity contribution is -0.380. The largest absolute Gasteiger partial charge is 0.416 e. The molecule has 0 radical (unpaired) electrons. The van der Waals surface area contributed by atoms with Crippen LogP contribution in [0.4, 0.5) is 18.2 Å². The predicted molar refractivity (Wildman–Crippen MR) is 73.6 cm³/mol. The average Bonchev–Trinajstić information content (AvgIpc) is 2.94. The number of carbonyl (C=O) groups excluding carboxylic acids is 1. The number of hydrogen-bond acceptors (Lipinski definition) is 4. The second-order valence-corrected chi connectivity index (χ2v) is 5.34. The number of hydrogen-bond donors (Lipinski definition) is 1. The first kappa shape index (κ1) is 16.0. The van der Waals surface area contributed by atoms with E-state index < -0.39 is 22.6 Å². The van der Waals surface area contributed by atoms with Crippen molar-refractivity contribution in [1.82, 2.24) is 5.32 Å². The quantitative estimate of drug-likeness (QED) is 0.687. The second-order valence-electron chi connectivity index (χ2n) is 4.28. The summed E-state index contributed by atoms with van der Waals surface area (Å²) in [6.45, 7) is -0.103. The number of benzene rings is 1. The molecule has 1 amide bonds. The van der Waals surface area contributed by atoms with Gasteiger partial charge in [-0.25, -0.2) is 0 Å². The average molecular weight is 330 g/mol. The summed E-state index contributed by atoms with van der Waals surface area (Å²) in [7, 11) is 0. The summed E-state index contributed by atoms with van der Waals surface area (Å²) in [6, 6.07) is 7.08. The van der Waals surface area contributed by atoms with Crippen molar-refractivity contribution in [3.8, 4) is 0 Å². The summed E-state index contributed by atoms with van der Waals surface area (Å²) >= 11 is 0.701. The van der Waals surface area contributed by atoms with Gasteiger partial charge in [0.1, 0.15) is 0 Å². The zero-order chi connectivity index (χ0) is 16.3. The predicted octanol–water partition coefficient (Wildman–Crippen LogP) is 3.61. The number of nitrogens with one attached hydrogen (secondary N) is 1. The van der Waals surface area contributed by atoms with Crippen LogP contribution in [0.15, 0.2) is 36.4 Å². The fourth-order valence-corrected chi connectivity index (χ4v) is 2.41. The summed E-state index contributed by atoms with van der Waals surface area (Å²) in [4.78, 5) is 21.8. The highest BCUT2D eigenvalue weighted by molar-refractivity contribution is 7.17. The summed E-state index contributed by atoms with van der Waals surface area (Å²) in [5, 5.41) is 12.8. The molecule has 0 bridgehead atoms. The fraction of sp³-hybridized carbons (Fsp3) is 0.154. The van der Waals surface area contributed by atoms with Gasteiger partial charge >= 0.3 is 11.2 Å². The van der Waals surface area contributed by atoms with Gasteiger partial charge in [0.25, 0.3) is 5.91 Å². The first-order valence-corrected chi connectivity index (χ1v) is 6.77. The Bertz CT molecular complexity index is 713. The molecule has 2 aromatic rings. The Labute approximate surface area is 126 Å². The van der Waals surface area contributed by atoms with Crippen LogP contribution >= 0.6 is 11.3 Å². The zero-order valence-electron chi connectivity index (χ0n) is 10.9. The van der Waals surface area contributed by atoms with E-state index in [4.69, 9.17) is 0 Å². The Morgan fingerprint density at radius 2 is 2.00 bits per heavy atom. The minimum atomic E-state index is -4.45. The van der Waals surface area contributed by atoms with Crippen molar-refractivity contribution in [2.24, 2.45) is 0 Å². The highest BCUT2D eigenvalue weighted by Crippen LogP contribution is 2.29. The maximum absolute atomic E-state index is 12.6. The van der Waals surface area contributed by atoms with Crippen LogP contribution < -0.4 is 5.32 Å². The Balaban J connectivity index is 2.03. The van der Waals surface area contributed by atoms with Gasteiger partial charge in [-0.3, -0.25) is 14.9 Å². The molecule has 1 aromatic heterocycles. The number of amides is 1. The van der Waals surface area contributed by atoms with Crippen molar-refractivity contribution in [1.29, 1.82) is 0 Å². The smallest absolute Gasteiger partial charge is 0.347 e. The highest BCUT2D eigenvalue weighted by atomic mass is 32.1. The van der Waals surface area contributed by atoms with E-state index in [0.29, 0.717) is 11.3 Å². The number of nitrogens with zero attached hydrogens (tertiary/aromatic N) is 1. The highest BCUT2D eigenvalue weighted by Gasteiger charge is 2.30. The van der Waals surface area contributed by atoms with Gasteiger partial charge < -0.3 is 5.32 Å². The Morgan fingerprint density at radius 3 is 2.59 bits per heavy atom. The van der Waals surface area contributed by atoms with Crippen LogP contribution in [0.25, 0.3) is 0 Å². The van der Waals surface area contributed by atoms with Crippen molar-refractivity contribution in [2.45, 2.75) is 12.7 Å². The molecule has 22 heavy (non-hydrogen) atoms. The number of halogens is 3.